The maximum atomic E-state index is 15.2. The molecule has 0 amide bonds. The van der Waals surface area contributed by atoms with E-state index in [1.54, 1.807) is 3.97 Å². The molecule has 1 aromatic heterocycles. The molecule has 1 atom stereocenters. The van der Waals surface area contributed by atoms with Crippen LogP contribution >= 0.6 is 12.3 Å². The minimum absolute atomic E-state index is 0.183. The predicted molar refractivity (Wildman–Crippen MR) is 181 cm³/mol. The summed E-state index contributed by atoms with van der Waals surface area (Å²) in [5.41, 5.74) is 10.7. The van der Waals surface area contributed by atoms with Crippen LogP contribution in [0.15, 0.2) is 107 Å². The van der Waals surface area contributed by atoms with E-state index >= 15 is 3.89 Å². The van der Waals surface area contributed by atoms with Crippen LogP contribution in [0.2, 0.25) is 0 Å². The van der Waals surface area contributed by atoms with Crippen LogP contribution < -0.4 is 0 Å². The van der Waals surface area contributed by atoms with Gasteiger partial charge in [0.1, 0.15) is 11.4 Å². The van der Waals surface area contributed by atoms with E-state index in [0.717, 1.165) is 77.0 Å². The Bertz CT molecular complexity index is 1760. The molecule has 2 nitrogen and oxygen atoms in total. The SMILES string of the molecule is CCC1=C(CC)/C(=C(\c2ccccc2)c2c(CC)c(CC)c(C#Cc3ccccc3)n2SF)N=C1C#CC1C=CC=CC1. The fraction of sp³-hybridized carbons (Fsp3) is 0.256. The molecule has 1 aliphatic heterocycles. The van der Waals surface area contributed by atoms with Crippen molar-refractivity contribution in [1.29, 1.82) is 0 Å². The summed E-state index contributed by atoms with van der Waals surface area (Å²) in [6.45, 7) is 8.60. The van der Waals surface area contributed by atoms with E-state index in [-0.39, 0.29) is 18.3 Å². The highest BCUT2D eigenvalue weighted by atomic mass is 32.2. The van der Waals surface area contributed by atoms with Gasteiger partial charge in [0.15, 0.2) is 12.3 Å². The number of halogens is 1. The summed E-state index contributed by atoms with van der Waals surface area (Å²) in [5, 5.41) is 0. The standard InChI is InChI=1S/C39H37FN2S/c1-5-31-33(7-3)38(41-35(31)26-24-28-18-12-9-13-19-28)37(30-22-16-11-17-23-30)39-34(8-4)32(6-2)36(42(39)43-40)27-25-29-20-14-10-15-21-29/h9-18,20-23,28H,5-8,19H2,1-4H3/b38-37-. The van der Waals surface area contributed by atoms with E-state index < -0.39 is 0 Å². The second-order valence-electron chi connectivity index (χ2n) is 10.5. The lowest BCUT2D eigenvalue weighted by Gasteiger charge is -2.16. The van der Waals surface area contributed by atoms with Gasteiger partial charge in [-0.2, -0.15) is 0 Å². The van der Waals surface area contributed by atoms with E-state index in [2.05, 4.69) is 87.8 Å². The Morgan fingerprint density at radius 1 is 0.837 bits per heavy atom. The molecule has 0 saturated heterocycles. The van der Waals surface area contributed by atoms with Gasteiger partial charge in [0, 0.05) is 17.1 Å². The smallest absolute Gasteiger partial charge is 0.170 e. The van der Waals surface area contributed by atoms with E-state index in [1.807, 2.05) is 48.5 Å². The van der Waals surface area contributed by atoms with Gasteiger partial charge >= 0.3 is 0 Å². The zero-order chi connectivity index (χ0) is 30.2. The molecule has 2 heterocycles. The topological polar surface area (TPSA) is 17.3 Å². The molecule has 1 unspecified atom stereocenters. The first-order valence-corrected chi connectivity index (χ1v) is 15.9. The summed E-state index contributed by atoms with van der Waals surface area (Å²) < 4.78 is 16.9. The van der Waals surface area contributed by atoms with Crippen molar-refractivity contribution in [1.82, 2.24) is 3.97 Å². The van der Waals surface area contributed by atoms with E-state index in [0.29, 0.717) is 5.69 Å². The number of hydrogen-bond acceptors (Lipinski definition) is 2. The van der Waals surface area contributed by atoms with E-state index in [9.17, 15) is 0 Å². The number of allylic oxidation sites excluding steroid dienone is 6. The highest BCUT2D eigenvalue weighted by Gasteiger charge is 2.30. The molecule has 0 fully saturated rings. The van der Waals surface area contributed by atoms with Crippen LogP contribution in [0, 0.1) is 29.6 Å². The molecular weight excluding hydrogens is 548 g/mol. The third-order valence-corrected chi connectivity index (χ3v) is 8.48. The molecule has 4 heteroatoms. The Kier molecular flexibility index (Phi) is 10.0. The number of aromatic nitrogens is 1. The number of hydrogen-bond donors (Lipinski definition) is 0. The van der Waals surface area contributed by atoms with Gasteiger partial charge in [0.25, 0.3) is 0 Å². The van der Waals surface area contributed by atoms with Crippen molar-refractivity contribution in [2.75, 3.05) is 0 Å². The molecule has 5 rings (SSSR count). The van der Waals surface area contributed by atoms with Crippen molar-refractivity contribution in [2.45, 2.75) is 59.8 Å². The average Bonchev–Trinajstić information content (AvgIpc) is 3.58. The van der Waals surface area contributed by atoms with Gasteiger partial charge in [0.05, 0.1) is 11.4 Å². The molecule has 0 spiro atoms. The van der Waals surface area contributed by atoms with Gasteiger partial charge in [-0.25, -0.2) is 8.96 Å². The summed E-state index contributed by atoms with van der Waals surface area (Å²) in [4.78, 5) is 5.26. The van der Waals surface area contributed by atoms with Gasteiger partial charge in [-0.3, -0.25) is 0 Å². The van der Waals surface area contributed by atoms with Crippen LogP contribution in [-0.2, 0) is 12.8 Å². The zero-order valence-electron chi connectivity index (χ0n) is 25.4. The Morgan fingerprint density at radius 2 is 1.53 bits per heavy atom. The summed E-state index contributed by atoms with van der Waals surface area (Å²) in [5.74, 6) is 13.7. The van der Waals surface area contributed by atoms with Crippen LogP contribution in [-0.4, -0.2) is 9.68 Å². The van der Waals surface area contributed by atoms with Gasteiger partial charge in [-0.1, -0.05) is 112 Å². The van der Waals surface area contributed by atoms with Gasteiger partial charge in [-0.05, 0) is 83.9 Å². The quantitative estimate of drug-likeness (QED) is 0.253. The fourth-order valence-electron chi connectivity index (χ4n) is 5.95. The van der Waals surface area contributed by atoms with Crippen LogP contribution in [0.1, 0.15) is 80.6 Å². The molecule has 3 aromatic rings. The van der Waals surface area contributed by atoms with E-state index in [4.69, 9.17) is 4.99 Å². The highest BCUT2D eigenvalue weighted by molar-refractivity contribution is 7.92. The van der Waals surface area contributed by atoms with Crippen LogP contribution in [0.25, 0.3) is 5.57 Å². The molecule has 43 heavy (non-hydrogen) atoms. The lowest BCUT2D eigenvalue weighted by molar-refractivity contribution is 0.853. The molecule has 216 valence electrons. The summed E-state index contributed by atoms with van der Waals surface area (Å²) in [6, 6.07) is 20.1. The maximum Gasteiger partial charge on any atom is 0.170 e. The second kappa shape index (κ2) is 14.3. The molecule has 0 bridgehead atoms. The van der Waals surface area contributed by atoms with Gasteiger partial charge in [0.2, 0.25) is 0 Å². The van der Waals surface area contributed by atoms with Crippen LogP contribution in [0.5, 0.6) is 0 Å². The number of rotatable bonds is 7. The van der Waals surface area contributed by atoms with Crippen molar-refractivity contribution in [3.63, 3.8) is 0 Å². The largest absolute Gasteiger partial charge is 0.248 e. The third-order valence-electron chi connectivity index (χ3n) is 7.98. The summed E-state index contributed by atoms with van der Waals surface area (Å²) in [6.07, 6.45) is 12.5. The lowest BCUT2D eigenvalue weighted by atomic mass is 9.90. The van der Waals surface area contributed by atoms with Crippen LogP contribution in [0.3, 0.4) is 0 Å². The number of nitrogens with zero attached hydrogens (tertiary/aromatic N) is 2. The minimum atomic E-state index is 0.183. The van der Waals surface area contributed by atoms with Gasteiger partial charge < -0.3 is 0 Å². The first kappa shape index (κ1) is 30.2. The molecule has 1 aliphatic carbocycles. The summed E-state index contributed by atoms with van der Waals surface area (Å²) >= 11 is 0.223. The summed E-state index contributed by atoms with van der Waals surface area (Å²) in [7, 11) is 0. The number of aliphatic imine (C=N–C) groups is 1. The molecule has 2 aromatic carbocycles. The van der Waals surface area contributed by atoms with E-state index in [1.165, 1.54) is 11.1 Å². The maximum absolute atomic E-state index is 15.2. The molecular formula is C39H37FN2S. The predicted octanol–water partition coefficient (Wildman–Crippen LogP) is 9.86. The first-order chi connectivity index (χ1) is 21.1. The second-order valence-corrected chi connectivity index (χ2v) is 11.0. The minimum Gasteiger partial charge on any atom is -0.248 e. The van der Waals surface area contributed by atoms with Gasteiger partial charge in [-0.15, -0.1) is 3.89 Å². The van der Waals surface area contributed by atoms with Crippen molar-refractivity contribution >= 4 is 23.6 Å². The molecule has 2 aliphatic rings. The Morgan fingerprint density at radius 3 is 2.14 bits per heavy atom. The van der Waals surface area contributed by atoms with Crippen molar-refractivity contribution in [2.24, 2.45) is 10.9 Å². The first-order valence-electron chi connectivity index (χ1n) is 15.2. The van der Waals surface area contributed by atoms with Crippen molar-refractivity contribution in [3.05, 3.63) is 135 Å². The van der Waals surface area contributed by atoms with Crippen LogP contribution in [0.4, 0.5) is 3.89 Å². The average molecular weight is 585 g/mol. The molecule has 0 radical (unpaired) electrons. The monoisotopic (exact) mass is 584 g/mol. The van der Waals surface area contributed by atoms with Crippen molar-refractivity contribution < 1.29 is 3.89 Å². The third kappa shape index (κ3) is 6.27. The van der Waals surface area contributed by atoms with Crippen molar-refractivity contribution in [3.8, 4) is 23.7 Å². The lowest BCUT2D eigenvalue weighted by Crippen LogP contribution is -2.03. The Labute approximate surface area is 260 Å². The Hall–Kier alpha value is -4.25. The fourth-order valence-corrected chi connectivity index (χ4v) is 6.44. The zero-order valence-corrected chi connectivity index (χ0v) is 26.2. The molecule has 0 saturated carbocycles. The highest BCUT2D eigenvalue weighted by Crippen LogP contribution is 2.43. The molecule has 0 N–H and O–H groups in total. The number of benzene rings is 2. The normalized spacial score (nSPS) is 16.9. The Balaban J connectivity index is 1.81.